The predicted octanol–water partition coefficient (Wildman–Crippen LogP) is 4.35. The van der Waals surface area contributed by atoms with E-state index in [1.807, 2.05) is 32.0 Å². The molecule has 0 spiro atoms. The van der Waals surface area contributed by atoms with E-state index in [0.717, 1.165) is 11.1 Å². The molecule has 3 aromatic rings. The summed E-state index contributed by atoms with van der Waals surface area (Å²) in [5.41, 5.74) is 2.96. The van der Waals surface area contributed by atoms with Crippen molar-refractivity contribution < 1.29 is 19.1 Å². The number of aryl methyl sites for hydroxylation is 2. The van der Waals surface area contributed by atoms with Gasteiger partial charge in [-0.3, -0.25) is 14.4 Å². The Labute approximate surface area is 216 Å². The maximum atomic E-state index is 13.2. The molecule has 2 aromatic carbocycles. The largest absolute Gasteiger partial charge is 0.466 e. The predicted molar refractivity (Wildman–Crippen MR) is 140 cm³/mol. The Morgan fingerprint density at radius 2 is 1.81 bits per heavy atom. The first-order chi connectivity index (χ1) is 17.8. The van der Waals surface area contributed by atoms with Crippen LogP contribution in [0.25, 0.3) is 0 Å². The minimum atomic E-state index is -0.361. The highest BCUT2D eigenvalue weighted by Gasteiger charge is 2.28. The molecule has 37 heavy (non-hydrogen) atoms. The van der Waals surface area contributed by atoms with Gasteiger partial charge < -0.3 is 19.7 Å². The van der Waals surface area contributed by atoms with Gasteiger partial charge in [0.2, 0.25) is 0 Å². The number of piperidine rings is 1. The number of hydrogen-bond acceptors (Lipinski definition) is 7. The quantitative estimate of drug-likeness (QED) is 0.477. The van der Waals surface area contributed by atoms with Crippen LogP contribution in [-0.4, -0.2) is 46.3 Å². The first-order valence-electron chi connectivity index (χ1n) is 12.4. The number of likely N-dealkylation sites (tertiary alicyclic amines) is 1. The van der Waals surface area contributed by atoms with Crippen LogP contribution in [0.3, 0.4) is 0 Å². The second-order valence-corrected chi connectivity index (χ2v) is 9.14. The number of ether oxygens (including phenoxy) is 2. The van der Waals surface area contributed by atoms with Gasteiger partial charge in [0, 0.05) is 31.4 Å². The number of nitrogens with one attached hydrogen (secondary N) is 1. The summed E-state index contributed by atoms with van der Waals surface area (Å²) in [7, 11) is 1.56. The summed E-state index contributed by atoms with van der Waals surface area (Å²) in [5, 5.41) is 7.25. The zero-order chi connectivity index (χ0) is 26.5. The lowest BCUT2D eigenvalue weighted by atomic mass is 9.96. The van der Waals surface area contributed by atoms with Gasteiger partial charge in [-0.1, -0.05) is 18.2 Å². The van der Waals surface area contributed by atoms with Crippen molar-refractivity contribution in [3.8, 4) is 11.5 Å². The van der Waals surface area contributed by atoms with E-state index in [9.17, 15) is 14.4 Å². The lowest BCUT2D eigenvalue weighted by Crippen LogP contribution is -2.40. The van der Waals surface area contributed by atoms with Gasteiger partial charge >= 0.3 is 5.97 Å². The number of amides is 1. The first kappa shape index (κ1) is 25.9. The number of carbonyl (C=O) groups excluding carboxylic acids is 2. The Bertz CT molecular complexity index is 1360. The van der Waals surface area contributed by atoms with Crippen molar-refractivity contribution in [1.82, 2.24) is 14.7 Å². The summed E-state index contributed by atoms with van der Waals surface area (Å²) in [5.74, 6) is 0.428. The van der Waals surface area contributed by atoms with Crippen molar-refractivity contribution in [2.45, 2.75) is 33.6 Å². The van der Waals surface area contributed by atoms with Crippen molar-refractivity contribution in [1.29, 1.82) is 0 Å². The SMILES string of the molecule is CCOC(=O)C1CCN(C(=O)c2cccc(Nc3c(Oc4cccc(C)c4C)cnn(C)c3=O)c2)CC1. The second-order valence-electron chi connectivity index (χ2n) is 9.14. The van der Waals surface area contributed by atoms with Crippen molar-refractivity contribution in [3.05, 3.63) is 75.7 Å². The number of nitrogens with zero attached hydrogens (tertiary/aromatic N) is 3. The molecule has 0 bridgehead atoms. The van der Waals surface area contributed by atoms with E-state index in [0.29, 0.717) is 49.5 Å². The van der Waals surface area contributed by atoms with Gasteiger partial charge in [0.15, 0.2) is 11.4 Å². The number of carbonyl (C=O) groups is 2. The molecule has 1 N–H and O–H groups in total. The molecule has 1 aliphatic rings. The number of esters is 1. The molecule has 1 saturated heterocycles. The summed E-state index contributed by atoms with van der Waals surface area (Å²) < 4.78 is 12.4. The molecule has 4 rings (SSSR count). The minimum absolute atomic E-state index is 0.125. The molecule has 9 nitrogen and oxygen atoms in total. The van der Waals surface area contributed by atoms with E-state index in [2.05, 4.69) is 10.4 Å². The van der Waals surface area contributed by atoms with Gasteiger partial charge in [-0.2, -0.15) is 5.10 Å². The van der Waals surface area contributed by atoms with Crippen LogP contribution in [0.1, 0.15) is 41.3 Å². The first-order valence-corrected chi connectivity index (χ1v) is 12.4. The summed E-state index contributed by atoms with van der Waals surface area (Å²) in [4.78, 5) is 39.9. The molecule has 194 valence electrons. The maximum absolute atomic E-state index is 13.2. The van der Waals surface area contributed by atoms with E-state index in [1.54, 1.807) is 43.1 Å². The Hall–Kier alpha value is -4.14. The third-order valence-electron chi connectivity index (χ3n) is 6.66. The van der Waals surface area contributed by atoms with Crippen LogP contribution in [0.5, 0.6) is 11.5 Å². The molecule has 1 fully saturated rings. The van der Waals surface area contributed by atoms with Crippen LogP contribution in [-0.2, 0) is 16.6 Å². The Balaban J connectivity index is 1.53. The summed E-state index contributed by atoms with van der Waals surface area (Å²) >= 11 is 0. The van der Waals surface area contributed by atoms with Gasteiger partial charge in [0.1, 0.15) is 5.75 Å². The van der Waals surface area contributed by atoms with E-state index in [-0.39, 0.29) is 34.8 Å². The fourth-order valence-corrected chi connectivity index (χ4v) is 4.30. The Kier molecular flexibility index (Phi) is 7.91. The van der Waals surface area contributed by atoms with Crippen LogP contribution in [0.4, 0.5) is 11.4 Å². The van der Waals surface area contributed by atoms with Crippen molar-refractivity contribution >= 4 is 23.3 Å². The second kappa shape index (κ2) is 11.3. The molecule has 9 heteroatoms. The number of rotatable bonds is 7. The maximum Gasteiger partial charge on any atom is 0.309 e. The van der Waals surface area contributed by atoms with Crippen molar-refractivity contribution in [3.63, 3.8) is 0 Å². The van der Waals surface area contributed by atoms with Gasteiger partial charge in [-0.15, -0.1) is 0 Å². The number of anilines is 2. The smallest absolute Gasteiger partial charge is 0.309 e. The van der Waals surface area contributed by atoms with Crippen molar-refractivity contribution in [2.24, 2.45) is 13.0 Å². The van der Waals surface area contributed by atoms with E-state index >= 15 is 0 Å². The molecule has 0 aliphatic carbocycles. The fourth-order valence-electron chi connectivity index (χ4n) is 4.30. The molecule has 0 unspecified atom stereocenters. The number of aromatic nitrogens is 2. The zero-order valence-corrected chi connectivity index (χ0v) is 21.6. The van der Waals surface area contributed by atoms with E-state index < -0.39 is 0 Å². The molecule has 0 radical (unpaired) electrons. The summed E-state index contributed by atoms with van der Waals surface area (Å²) in [6.07, 6.45) is 2.65. The third-order valence-corrected chi connectivity index (χ3v) is 6.66. The molecular formula is C28H32N4O5. The van der Waals surface area contributed by atoms with Crippen LogP contribution in [0.15, 0.2) is 53.5 Å². The molecule has 2 heterocycles. The third kappa shape index (κ3) is 5.82. The highest BCUT2D eigenvalue weighted by molar-refractivity contribution is 5.95. The Morgan fingerprint density at radius 1 is 1.08 bits per heavy atom. The number of benzene rings is 2. The van der Waals surface area contributed by atoms with Crippen LogP contribution < -0.4 is 15.6 Å². The van der Waals surface area contributed by atoms with Gasteiger partial charge in [-0.25, -0.2) is 4.68 Å². The average Bonchev–Trinajstić information content (AvgIpc) is 2.91. The zero-order valence-electron chi connectivity index (χ0n) is 21.6. The van der Waals surface area contributed by atoms with Gasteiger partial charge in [0.25, 0.3) is 11.5 Å². The molecular weight excluding hydrogens is 472 g/mol. The topological polar surface area (TPSA) is 103 Å². The fraction of sp³-hybridized carbons (Fsp3) is 0.357. The van der Waals surface area contributed by atoms with Gasteiger partial charge in [-0.05, 0) is 69.0 Å². The normalized spacial score (nSPS) is 13.8. The summed E-state index contributed by atoms with van der Waals surface area (Å²) in [6, 6.07) is 12.7. The average molecular weight is 505 g/mol. The lowest BCUT2D eigenvalue weighted by Gasteiger charge is -2.31. The molecule has 1 amide bonds. The standard InChI is InChI=1S/C28H32N4O5/c1-5-36-28(35)20-12-14-32(15-13-20)26(33)21-9-7-10-22(16-21)30-25-24(17-29-31(4)27(25)34)37-23-11-6-8-18(2)19(23)3/h6-11,16-17,20,30H,5,12-15H2,1-4H3. The minimum Gasteiger partial charge on any atom is -0.466 e. The highest BCUT2D eigenvalue weighted by Crippen LogP contribution is 2.31. The molecule has 1 aliphatic heterocycles. The van der Waals surface area contributed by atoms with Crippen LogP contribution in [0.2, 0.25) is 0 Å². The highest BCUT2D eigenvalue weighted by atomic mass is 16.5. The van der Waals surface area contributed by atoms with Crippen molar-refractivity contribution in [2.75, 3.05) is 25.0 Å². The lowest BCUT2D eigenvalue weighted by molar-refractivity contribution is -0.149. The Morgan fingerprint density at radius 3 is 2.54 bits per heavy atom. The molecule has 0 saturated carbocycles. The van der Waals surface area contributed by atoms with Crippen LogP contribution in [0, 0.1) is 19.8 Å². The molecule has 1 aromatic heterocycles. The van der Waals surface area contributed by atoms with Gasteiger partial charge in [0.05, 0.1) is 18.7 Å². The molecule has 0 atom stereocenters. The monoisotopic (exact) mass is 504 g/mol. The summed E-state index contributed by atoms with van der Waals surface area (Å²) in [6.45, 7) is 7.06. The van der Waals surface area contributed by atoms with Crippen LogP contribution >= 0.6 is 0 Å². The number of hydrogen-bond donors (Lipinski definition) is 1. The van der Waals surface area contributed by atoms with E-state index in [4.69, 9.17) is 9.47 Å². The van der Waals surface area contributed by atoms with E-state index in [1.165, 1.54) is 10.9 Å².